The molecule has 0 bridgehead atoms. The SMILES string of the molecule is C[CH-]C.[CH2-]C(C)C.[Mg+2]. The Morgan fingerprint density at radius 2 is 1.25 bits per heavy atom. The van der Waals surface area contributed by atoms with Gasteiger partial charge in [0.25, 0.3) is 0 Å². The molecule has 0 saturated carbocycles. The fraction of sp³-hybridized carbons (Fsp3) is 0.714. The van der Waals surface area contributed by atoms with Crippen LogP contribution in [0.2, 0.25) is 0 Å². The molecule has 8 heavy (non-hydrogen) atoms. The molecule has 0 aliphatic carbocycles. The smallest absolute Gasteiger partial charge is 0.341 e. The van der Waals surface area contributed by atoms with E-state index < -0.39 is 0 Å². The van der Waals surface area contributed by atoms with Gasteiger partial charge in [-0.05, 0) is 0 Å². The summed E-state index contributed by atoms with van der Waals surface area (Å²) in [5, 5.41) is 0. The minimum absolute atomic E-state index is 0. The number of hydrogen-bond acceptors (Lipinski definition) is 0. The minimum atomic E-state index is 0. The van der Waals surface area contributed by atoms with E-state index in [1.807, 2.05) is 20.3 Å². The topological polar surface area (TPSA) is 0 Å². The summed E-state index contributed by atoms with van der Waals surface area (Å²) in [6.07, 6.45) is 2.00. The second kappa shape index (κ2) is 15.7. The molecule has 0 nitrogen and oxygen atoms in total. The quantitative estimate of drug-likeness (QED) is 0.343. The molecule has 0 saturated heterocycles. The van der Waals surface area contributed by atoms with Crippen LogP contribution >= 0.6 is 0 Å². The maximum Gasteiger partial charge on any atom is 2.00 e. The third kappa shape index (κ3) is 383. The van der Waals surface area contributed by atoms with Crippen molar-refractivity contribution in [1.29, 1.82) is 0 Å². The zero-order valence-electron chi connectivity index (χ0n) is 6.57. The summed E-state index contributed by atoms with van der Waals surface area (Å²) in [6, 6.07) is 0. The Labute approximate surface area is 70.2 Å². The molecule has 0 radical (unpaired) electrons. The van der Waals surface area contributed by atoms with E-state index in [0.29, 0.717) is 5.92 Å². The van der Waals surface area contributed by atoms with Crippen molar-refractivity contribution in [1.82, 2.24) is 0 Å². The predicted octanol–water partition coefficient (Wildman–Crippen LogP) is 2.33. The van der Waals surface area contributed by atoms with Gasteiger partial charge in [0.1, 0.15) is 0 Å². The molecule has 0 fully saturated rings. The van der Waals surface area contributed by atoms with E-state index in [-0.39, 0.29) is 23.1 Å². The van der Waals surface area contributed by atoms with E-state index in [2.05, 4.69) is 20.8 Å². The zero-order valence-corrected chi connectivity index (χ0v) is 7.98. The van der Waals surface area contributed by atoms with Gasteiger partial charge in [-0.15, -0.1) is 0 Å². The van der Waals surface area contributed by atoms with Crippen LogP contribution in [0.4, 0.5) is 0 Å². The van der Waals surface area contributed by atoms with Gasteiger partial charge in [0.15, 0.2) is 0 Å². The van der Waals surface area contributed by atoms with Crippen LogP contribution in [-0.4, -0.2) is 23.1 Å². The Morgan fingerprint density at radius 1 is 1.25 bits per heavy atom. The summed E-state index contributed by atoms with van der Waals surface area (Å²) in [4.78, 5) is 0. The normalized spacial score (nSPS) is 6.75. The number of rotatable bonds is 0. The third-order valence-corrected chi connectivity index (χ3v) is 0. The summed E-state index contributed by atoms with van der Waals surface area (Å²) >= 11 is 0. The van der Waals surface area contributed by atoms with Gasteiger partial charge in [-0.2, -0.15) is 19.8 Å². The molecule has 0 aromatic heterocycles. The van der Waals surface area contributed by atoms with Gasteiger partial charge in [0.05, 0.1) is 0 Å². The van der Waals surface area contributed by atoms with Crippen LogP contribution in [0, 0.1) is 19.3 Å². The van der Waals surface area contributed by atoms with Crippen molar-refractivity contribution in [3.8, 4) is 0 Å². The van der Waals surface area contributed by atoms with E-state index in [9.17, 15) is 0 Å². The first-order valence-electron chi connectivity index (χ1n) is 2.72. The Morgan fingerprint density at radius 3 is 1.25 bits per heavy atom. The molecule has 0 rings (SSSR count). The van der Waals surface area contributed by atoms with Crippen molar-refractivity contribution in [3.63, 3.8) is 0 Å². The van der Waals surface area contributed by atoms with Crippen LogP contribution in [0.25, 0.3) is 0 Å². The van der Waals surface area contributed by atoms with Crippen molar-refractivity contribution in [2.24, 2.45) is 5.92 Å². The molecule has 0 heterocycles. The van der Waals surface area contributed by atoms with Crippen molar-refractivity contribution >= 4 is 23.1 Å². The van der Waals surface area contributed by atoms with Gasteiger partial charge in [-0.1, -0.05) is 13.8 Å². The summed E-state index contributed by atoms with van der Waals surface area (Å²) in [5.41, 5.74) is 0. The summed E-state index contributed by atoms with van der Waals surface area (Å²) < 4.78 is 0. The molecule has 0 amide bonds. The second-order valence-corrected chi connectivity index (χ2v) is 1.97. The molecule has 0 aromatic rings. The fourth-order valence-electron chi connectivity index (χ4n) is 0. The molecule has 1 heteroatoms. The Hall–Kier alpha value is 0.766. The van der Waals surface area contributed by atoms with Crippen LogP contribution in [0.3, 0.4) is 0 Å². The number of hydrogen-bond donors (Lipinski definition) is 0. The van der Waals surface area contributed by atoms with Crippen molar-refractivity contribution in [3.05, 3.63) is 13.3 Å². The van der Waals surface area contributed by atoms with Gasteiger partial charge in [0.2, 0.25) is 0 Å². The van der Waals surface area contributed by atoms with Gasteiger partial charge < -0.3 is 13.3 Å². The van der Waals surface area contributed by atoms with E-state index in [1.54, 1.807) is 0 Å². The van der Waals surface area contributed by atoms with Crippen LogP contribution in [0.5, 0.6) is 0 Å². The average Bonchev–Trinajstić information content (AvgIpc) is 1.33. The van der Waals surface area contributed by atoms with Crippen molar-refractivity contribution in [2.45, 2.75) is 27.7 Å². The molecule has 0 atom stereocenters. The molecule has 46 valence electrons. The Balaban J connectivity index is -0.0000000575. The molecule has 0 aliphatic heterocycles. The first kappa shape index (κ1) is 15.9. The van der Waals surface area contributed by atoms with E-state index in [1.165, 1.54) is 0 Å². The first-order chi connectivity index (χ1) is 3.15. The Bertz CT molecular complexity index is 15.6. The maximum absolute atomic E-state index is 3.64. The monoisotopic (exact) mass is 124 g/mol. The van der Waals surface area contributed by atoms with E-state index >= 15 is 0 Å². The molecular weight excluding hydrogens is 108 g/mol. The average molecular weight is 125 g/mol. The van der Waals surface area contributed by atoms with Crippen molar-refractivity contribution < 1.29 is 0 Å². The largest absolute Gasteiger partial charge is 2.00 e. The molecule has 0 unspecified atom stereocenters. The van der Waals surface area contributed by atoms with Crippen LogP contribution in [-0.2, 0) is 0 Å². The molecular formula is C7H16Mg. The third-order valence-electron chi connectivity index (χ3n) is 0. The van der Waals surface area contributed by atoms with Gasteiger partial charge in [0, 0.05) is 0 Å². The molecule has 0 N–H and O–H groups in total. The van der Waals surface area contributed by atoms with Crippen molar-refractivity contribution in [2.75, 3.05) is 0 Å². The second-order valence-electron chi connectivity index (χ2n) is 1.97. The first-order valence-corrected chi connectivity index (χ1v) is 2.72. The predicted molar refractivity (Wildman–Crippen MR) is 41.6 cm³/mol. The van der Waals surface area contributed by atoms with Gasteiger partial charge >= 0.3 is 23.1 Å². The molecule has 0 aliphatic rings. The zero-order chi connectivity index (χ0) is 6.28. The summed E-state index contributed by atoms with van der Waals surface area (Å²) in [5.74, 6) is 0.583. The molecule has 0 spiro atoms. The van der Waals surface area contributed by atoms with Crippen LogP contribution < -0.4 is 0 Å². The summed E-state index contributed by atoms with van der Waals surface area (Å²) in [7, 11) is 0. The van der Waals surface area contributed by atoms with Gasteiger partial charge in [-0.3, -0.25) is 0 Å². The molecule has 0 aromatic carbocycles. The fourth-order valence-corrected chi connectivity index (χ4v) is 0. The Kier molecular flexibility index (Phi) is 31.1. The standard InChI is InChI=1S/C4H9.C3H7.Mg/c1-4(2)3;1-3-2;/h4H,1H2,2-3H3;3H,1-2H3;/q2*-1;+2. The van der Waals surface area contributed by atoms with E-state index in [4.69, 9.17) is 0 Å². The van der Waals surface area contributed by atoms with Crippen LogP contribution in [0.15, 0.2) is 0 Å². The van der Waals surface area contributed by atoms with Gasteiger partial charge in [-0.25, -0.2) is 0 Å². The summed E-state index contributed by atoms with van der Waals surface area (Å²) in [6.45, 7) is 11.8. The maximum atomic E-state index is 3.64. The van der Waals surface area contributed by atoms with Crippen LogP contribution in [0.1, 0.15) is 27.7 Å². The van der Waals surface area contributed by atoms with E-state index in [0.717, 1.165) is 0 Å². The minimum Gasteiger partial charge on any atom is -0.341 e.